The standard InChI is InChI=1S/C14H12ClF3N2OS/c1-20(8-11-5-6-12(15)22-11)13(21)19-10-4-2-3-9(7-10)14(16,17)18/h2-7H,8H2,1H3,(H,19,21). The first-order valence-electron chi connectivity index (χ1n) is 6.19. The molecule has 118 valence electrons. The molecule has 0 aliphatic rings. The van der Waals surface area contributed by atoms with E-state index in [0.717, 1.165) is 17.0 Å². The second-order valence-electron chi connectivity index (χ2n) is 4.57. The second kappa shape index (κ2) is 6.58. The van der Waals surface area contributed by atoms with Crippen molar-refractivity contribution in [2.24, 2.45) is 0 Å². The molecule has 0 spiro atoms. The van der Waals surface area contributed by atoms with Crippen molar-refractivity contribution in [3.63, 3.8) is 0 Å². The summed E-state index contributed by atoms with van der Waals surface area (Å²) in [4.78, 5) is 14.2. The number of urea groups is 1. The molecule has 0 atom stereocenters. The average Bonchev–Trinajstić information content (AvgIpc) is 2.83. The van der Waals surface area contributed by atoms with Crippen LogP contribution in [0.2, 0.25) is 4.34 Å². The quantitative estimate of drug-likeness (QED) is 0.823. The Hall–Kier alpha value is -1.73. The highest BCUT2D eigenvalue weighted by molar-refractivity contribution is 7.16. The molecule has 0 radical (unpaired) electrons. The first-order chi connectivity index (χ1) is 10.3. The van der Waals surface area contributed by atoms with Crippen LogP contribution in [0.3, 0.4) is 0 Å². The van der Waals surface area contributed by atoms with Crippen LogP contribution in [0.25, 0.3) is 0 Å². The van der Waals surface area contributed by atoms with E-state index in [1.165, 1.54) is 28.4 Å². The third-order valence-corrected chi connectivity index (χ3v) is 4.03. The molecule has 0 bridgehead atoms. The van der Waals surface area contributed by atoms with Gasteiger partial charge in [-0.05, 0) is 30.3 Å². The summed E-state index contributed by atoms with van der Waals surface area (Å²) in [5.41, 5.74) is -0.714. The van der Waals surface area contributed by atoms with Gasteiger partial charge in [0.05, 0.1) is 16.4 Å². The number of anilines is 1. The van der Waals surface area contributed by atoms with Crippen molar-refractivity contribution in [1.29, 1.82) is 0 Å². The van der Waals surface area contributed by atoms with Gasteiger partial charge < -0.3 is 10.2 Å². The van der Waals surface area contributed by atoms with E-state index in [1.54, 1.807) is 19.2 Å². The minimum Gasteiger partial charge on any atom is -0.322 e. The Bertz CT molecular complexity index is 672. The molecule has 0 fully saturated rings. The van der Waals surface area contributed by atoms with Gasteiger partial charge in [0.2, 0.25) is 0 Å². The Labute approximate surface area is 134 Å². The molecule has 2 rings (SSSR count). The highest BCUT2D eigenvalue weighted by Gasteiger charge is 2.30. The maximum atomic E-state index is 12.6. The van der Waals surface area contributed by atoms with E-state index in [9.17, 15) is 18.0 Å². The van der Waals surface area contributed by atoms with E-state index < -0.39 is 17.8 Å². The number of benzene rings is 1. The van der Waals surface area contributed by atoms with Crippen molar-refractivity contribution in [2.75, 3.05) is 12.4 Å². The van der Waals surface area contributed by atoms with E-state index in [2.05, 4.69) is 5.32 Å². The van der Waals surface area contributed by atoms with Crippen LogP contribution in [0.1, 0.15) is 10.4 Å². The summed E-state index contributed by atoms with van der Waals surface area (Å²) in [6.45, 7) is 0.322. The summed E-state index contributed by atoms with van der Waals surface area (Å²) in [6, 6.07) is 7.52. The number of thiophene rings is 1. The number of alkyl halides is 3. The van der Waals surface area contributed by atoms with Crippen molar-refractivity contribution in [3.8, 4) is 0 Å². The van der Waals surface area contributed by atoms with E-state index in [0.29, 0.717) is 10.9 Å². The fourth-order valence-electron chi connectivity index (χ4n) is 1.73. The molecule has 1 heterocycles. The van der Waals surface area contributed by atoms with Crippen LogP contribution in [0, 0.1) is 0 Å². The van der Waals surface area contributed by atoms with Crippen molar-refractivity contribution in [1.82, 2.24) is 4.90 Å². The Kier molecular flexibility index (Phi) is 4.97. The molecule has 2 amide bonds. The lowest BCUT2D eigenvalue weighted by atomic mass is 10.2. The van der Waals surface area contributed by atoms with Gasteiger partial charge in [0.25, 0.3) is 0 Å². The molecule has 1 aromatic carbocycles. The zero-order chi connectivity index (χ0) is 16.3. The fourth-order valence-corrected chi connectivity index (χ4v) is 2.88. The molecule has 0 saturated heterocycles. The van der Waals surface area contributed by atoms with Gasteiger partial charge in [-0.25, -0.2) is 4.79 Å². The molecule has 0 saturated carbocycles. The van der Waals surface area contributed by atoms with Crippen LogP contribution in [0.4, 0.5) is 23.7 Å². The third-order valence-electron chi connectivity index (χ3n) is 2.81. The minimum absolute atomic E-state index is 0.0934. The first kappa shape index (κ1) is 16.6. The van der Waals surface area contributed by atoms with Gasteiger partial charge in [-0.2, -0.15) is 13.2 Å². The molecule has 2 aromatic rings. The molecule has 3 nitrogen and oxygen atoms in total. The summed E-state index contributed by atoms with van der Waals surface area (Å²) in [7, 11) is 1.55. The van der Waals surface area contributed by atoms with Gasteiger partial charge in [0.15, 0.2) is 0 Å². The summed E-state index contributed by atoms with van der Waals surface area (Å²) < 4.78 is 38.5. The summed E-state index contributed by atoms with van der Waals surface area (Å²) in [5, 5.41) is 2.44. The van der Waals surface area contributed by atoms with Crippen LogP contribution in [0.15, 0.2) is 36.4 Å². The van der Waals surface area contributed by atoms with Crippen molar-refractivity contribution in [2.45, 2.75) is 12.7 Å². The van der Waals surface area contributed by atoms with Crippen LogP contribution < -0.4 is 5.32 Å². The number of nitrogens with one attached hydrogen (secondary N) is 1. The van der Waals surface area contributed by atoms with E-state index in [-0.39, 0.29) is 5.69 Å². The highest BCUT2D eigenvalue weighted by Crippen LogP contribution is 2.30. The number of carbonyl (C=O) groups excluding carboxylic acids is 1. The fraction of sp³-hybridized carbons (Fsp3) is 0.214. The third kappa shape index (κ3) is 4.38. The Morgan fingerprint density at radius 1 is 1.32 bits per heavy atom. The molecular formula is C14H12ClF3N2OS. The molecule has 0 aliphatic heterocycles. The SMILES string of the molecule is CN(Cc1ccc(Cl)s1)C(=O)Nc1cccc(C(F)(F)F)c1. The molecule has 1 N–H and O–H groups in total. The number of hydrogen-bond acceptors (Lipinski definition) is 2. The lowest BCUT2D eigenvalue weighted by molar-refractivity contribution is -0.137. The van der Waals surface area contributed by atoms with Gasteiger partial charge in [-0.15, -0.1) is 11.3 Å². The maximum Gasteiger partial charge on any atom is 0.416 e. The van der Waals surface area contributed by atoms with Crippen LogP contribution in [-0.2, 0) is 12.7 Å². The number of carbonyl (C=O) groups is 1. The van der Waals surface area contributed by atoms with Crippen LogP contribution in [0.5, 0.6) is 0 Å². The zero-order valence-electron chi connectivity index (χ0n) is 11.4. The second-order valence-corrected chi connectivity index (χ2v) is 6.37. The van der Waals surface area contributed by atoms with Gasteiger partial charge in [-0.3, -0.25) is 0 Å². The summed E-state index contributed by atoms with van der Waals surface area (Å²) in [6.07, 6.45) is -4.44. The van der Waals surface area contributed by atoms with Gasteiger partial charge in [0, 0.05) is 17.6 Å². The van der Waals surface area contributed by atoms with E-state index >= 15 is 0 Å². The highest BCUT2D eigenvalue weighted by atomic mass is 35.5. The van der Waals surface area contributed by atoms with Crippen molar-refractivity contribution < 1.29 is 18.0 Å². The van der Waals surface area contributed by atoms with Gasteiger partial charge >= 0.3 is 12.2 Å². The molecule has 1 aromatic heterocycles. The van der Waals surface area contributed by atoms with Crippen molar-refractivity contribution >= 4 is 34.7 Å². The van der Waals surface area contributed by atoms with Gasteiger partial charge in [-0.1, -0.05) is 17.7 Å². The Morgan fingerprint density at radius 2 is 2.05 bits per heavy atom. The molecule has 8 heteroatoms. The van der Waals surface area contributed by atoms with E-state index in [1.807, 2.05) is 0 Å². The summed E-state index contributed by atoms with van der Waals surface area (Å²) >= 11 is 7.15. The monoisotopic (exact) mass is 348 g/mol. The summed E-state index contributed by atoms with van der Waals surface area (Å²) in [5.74, 6) is 0. The first-order valence-corrected chi connectivity index (χ1v) is 7.39. The average molecular weight is 349 g/mol. The predicted molar refractivity (Wildman–Crippen MR) is 81.3 cm³/mol. The van der Waals surface area contributed by atoms with Crippen molar-refractivity contribution in [3.05, 3.63) is 51.2 Å². The minimum atomic E-state index is -4.44. The Morgan fingerprint density at radius 3 is 2.64 bits per heavy atom. The topological polar surface area (TPSA) is 32.3 Å². The largest absolute Gasteiger partial charge is 0.416 e. The lowest BCUT2D eigenvalue weighted by Gasteiger charge is -2.17. The molecule has 0 aliphatic carbocycles. The van der Waals surface area contributed by atoms with Crippen LogP contribution >= 0.6 is 22.9 Å². The van der Waals surface area contributed by atoms with Gasteiger partial charge in [0.1, 0.15) is 0 Å². The number of halogens is 4. The number of amides is 2. The number of nitrogens with zero attached hydrogens (tertiary/aromatic N) is 1. The number of hydrogen-bond donors (Lipinski definition) is 1. The van der Waals surface area contributed by atoms with E-state index in [4.69, 9.17) is 11.6 Å². The number of rotatable bonds is 3. The molecule has 22 heavy (non-hydrogen) atoms. The zero-order valence-corrected chi connectivity index (χ0v) is 13.0. The molecular weight excluding hydrogens is 337 g/mol. The smallest absolute Gasteiger partial charge is 0.322 e. The molecule has 0 unspecified atom stereocenters. The Balaban J connectivity index is 2.02. The maximum absolute atomic E-state index is 12.6. The van der Waals surface area contributed by atoms with Crippen LogP contribution in [-0.4, -0.2) is 18.0 Å². The normalized spacial score (nSPS) is 11.3. The lowest BCUT2D eigenvalue weighted by Crippen LogP contribution is -2.30. The predicted octanol–water partition coefficient (Wildman–Crippen LogP) is 5.08.